The van der Waals surface area contributed by atoms with Crippen LogP contribution in [0.4, 0.5) is 11.4 Å². The smallest absolute Gasteiger partial charge is 0.156 e. The Balaban J connectivity index is 1.40. The van der Waals surface area contributed by atoms with Gasteiger partial charge in [-0.3, -0.25) is 9.08 Å². The average molecular weight is 406 g/mol. The van der Waals surface area contributed by atoms with Gasteiger partial charge in [-0.2, -0.15) is 4.36 Å². The second kappa shape index (κ2) is 10.4. The van der Waals surface area contributed by atoms with Gasteiger partial charge < -0.3 is 14.7 Å². The van der Waals surface area contributed by atoms with Gasteiger partial charge in [-0.15, -0.1) is 0 Å². The van der Waals surface area contributed by atoms with Crippen LogP contribution in [0, 0.1) is 0 Å². The summed E-state index contributed by atoms with van der Waals surface area (Å²) in [5.41, 5.74) is 1.81. The van der Waals surface area contributed by atoms with Crippen LogP contribution in [0.25, 0.3) is 0 Å². The Morgan fingerprint density at radius 1 is 1.07 bits per heavy atom. The normalized spacial score (nSPS) is 17.4. The predicted octanol–water partition coefficient (Wildman–Crippen LogP) is 2.11. The molecule has 1 fully saturated rings. The lowest BCUT2D eigenvalue weighted by Gasteiger charge is -2.36. The van der Waals surface area contributed by atoms with E-state index >= 15 is 0 Å². The van der Waals surface area contributed by atoms with E-state index in [1.165, 1.54) is 12.8 Å². The summed E-state index contributed by atoms with van der Waals surface area (Å²) in [5, 5.41) is 10.3. The molecule has 0 bridgehead atoms. The number of thiol groups is 1. The van der Waals surface area contributed by atoms with Crippen LogP contribution in [-0.2, 0) is 15.1 Å². The molecular weight excluding hydrogens is 378 g/mol. The van der Waals surface area contributed by atoms with Crippen molar-refractivity contribution in [1.29, 1.82) is 0 Å². The van der Waals surface area contributed by atoms with Gasteiger partial charge in [0.2, 0.25) is 0 Å². The highest BCUT2D eigenvalue weighted by Gasteiger charge is 2.19. The van der Waals surface area contributed by atoms with Crippen molar-refractivity contribution < 1.29 is 18.2 Å². The fourth-order valence-corrected chi connectivity index (χ4v) is 3.52. The van der Waals surface area contributed by atoms with E-state index in [4.69, 9.17) is 4.74 Å². The molecule has 3 rings (SSSR count). The molecule has 0 aliphatic carbocycles. The number of nitrogens with zero attached hydrogens (tertiary/aromatic N) is 3. The van der Waals surface area contributed by atoms with Crippen molar-refractivity contribution in [3.63, 3.8) is 0 Å². The summed E-state index contributed by atoms with van der Waals surface area (Å²) in [6.07, 6.45) is -0.560. The highest BCUT2D eigenvalue weighted by Crippen LogP contribution is 2.19. The van der Waals surface area contributed by atoms with Crippen LogP contribution >= 0.6 is 0 Å². The van der Waals surface area contributed by atoms with E-state index in [9.17, 15) is 9.32 Å². The first-order chi connectivity index (χ1) is 13.6. The molecule has 152 valence electrons. The highest BCUT2D eigenvalue weighted by molar-refractivity contribution is 7.69. The number of ether oxygens (including phenoxy) is 1. The van der Waals surface area contributed by atoms with Gasteiger partial charge in [-0.25, -0.2) is 4.21 Å². The molecule has 0 saturated carbocycles. The molecule has 1 aliphatic rings. The number of hydrogen-bond donors (Lipinski definition) is 2. The molecule has 0 aromatic heterocycles. The second-order valence-corrected chi connectivity index (χ2v) is 7.64. The number of rotatable bonds is 8. The fraction of sp³-hybridized carbons (Fsp3) is 0.400. The molecule has 2 aromatic rings. The van der Waals surface area contributed by atoms with E-state index in [-0.39, 0.29) is 6.61 Å². The van der Waals surface area contributed by atoms with Crippen LogP contribution < -0.4 is 9.64 Å². The van der Waals surface area contributed by atoms with Crippen molar-refractivity contribution in [1.82, 2.24) is 4.90 Å². The highest BCUT2D eigenvalue weighted by atomic mass is 32.2. The van der Waals surface area contributed by atoms with Crippen molar-refractivity contribution >= 4 is 22.3 Å². The van der Waals surface area contributed by atoms with Gasteiger partial charge >= 0.3 is 0 Å². The Morgan fingerprint density at radius 3 is 2.39 bits per heavy atom. The molecule has 8 heteroatoms. The van der Waals surface area contributed by atoms with Gasteiger partial charge in [0, 0.05) is 38.4 Å². The number of para-hydroxylation sites is 1. The lowest BCUT2D eigenvalue weighted by atomic mass is 10.2. The van der Waals surface area contributed by atoms with Crippen LogP contribution in [0.5, 0.6) is 5.75 Å². The Kier molecular flexibility index (Phi) is 7.67. The minimum Gasteiger partial charge on any atom is -0.491 e. The number of aliphatic hydroxyl groups is 1. The summed E-state index contributed by atoms with van der Waals surface area (Å²) in [6, 6.07) is 17.3. The topological polar surface area (TPSA) is 74.6 Å². The lowest BCUT2D eigenvalue weighted by Crippen LogP contribution is -2.49. The number of β-amino-alcohol motifs (C(OH)–C–C–N with tert-alkyl or cyclic N) is 1. The molecule has 2 aromatic carbocycles. The monoisotopic (exact) mass is 405 g/mol. The maximum atomic E-state index is 11.3. The summed E-state index contributed by atoms with van der Waals surface area (Å²) in [6.45, 7) is 4.55. The summed E-state index contributed by atoms with van der Waals surface area (Å²) in [4.78, 5) is 4.63. The van der Waals surface area contributed by atoms with Gasteiger partial charge in [0.15, 0.2) is 10.9 Å². The molecule has 2 unspecified atom stereocenters. The average Bonchev–Trinajstić information content (AvgIpc) is 2.74. The van der Waals surface area contributed by atoms with E-state index in [1.54, 1.807) is 24.3 Å². The SMILES string of the molecule is CO[SH](=O)=Nc1ccc(OCC(O)CN2CCN(c3ccccc3)CC2)cc1. The number of aliphatic hydroxyl groups excluding tert-OH is 1. The Bertz CT molecular complexity index is 802. The molecule has 7 nitrogen and oxygen atoms in total. The van der Waals surface area contributed by atoms with Crippen molar-refractivity contribution in [3.8, 4) is 5.75 Å². The molecule has 1 saturated heterocycles. The van der Waals surface area contributed by atoms with Crippen LogP contribution in [0.3, 0.4) is 0 Å². The first-order valence-electron chi connectivity index (χ1n) is 9.30. The molecular formula is C20H27N3O4S. The minimum atomic E-state index is -2.03. The van der Waals surface area contributed by atoms with Crippen LogP contribution in [0.2, 0.25) is 0 Å². The molecule has 28 heavy (non-hydrogen) atoms. The van der Waals surface area contributed by atoms with Crippen molar-refractivity contribution in [2.24, 2.45) is 4.36 Å². The number of hydrogen-bond acceptors (Lipinski definition) is 7. The zero-order valence-corrected chi connectivity index (χ0v) is 16.9. The Hall–Kier alpha value is -2.13. The number of benzene rings is 2. The van der Waals surface area contributed by atoms with E-state index in [1.807, 2.05) is 6.07 Å². The summed E-state index contributed by atoms with van der Waals surface area (Å²) in [7, 11) is -0.676. The van der Waals surface area contributed by atoms with Crippen LogP contribution in [0.1, 0.15) is 0 Å². The molecule has 2 atom stereocenters. The first kappa shape index (κ1) is 20.6. The summed E-state index contributed by atoms with van der Waals surface area (Å²) in [5.74, 6) is 0.638. The molecule has 1 aliphatic heterocycles. The van der Waals surface area contributed by atoms with Gasteiger partial charge in [0.1, 0.15) is 18.5 Å². The van der Waals surface area contributed by atoms with Crippen LogP contribution in [0.15, 0.2) is 59.0 Å². The third-order valence-corrected chi connectivity index (χ3v) is 5.30. The molecule has 0 spiro atoms. The first-order valence-corrected chi connectivity index (χ1v) is 10.4. The second-order valence-electron chi connectivity index (χ2n) is 6.60. The molecule has 0 radical (unpaired) electrons. The van der Waals surface area contributed by atoms with Gasteiger partial charge in [-0.05, 0) is 36.4 Å². The summed E-state index contributed by atoms with van der Waals surface area (Å²) < 4.78 is 25.4. The van der Waals surface area contributed by atoms with E-state index in [0.717, 1.165) is 26.2 Å². The quantitative estimate of drug-likeness (QED) is 0.656. The minimum absolute atomic E-state index is 0.224. The number of piperazine rings is 1. The van der Waals surface area contributed by atoms with E-state index in [0.29, 0.717) is 18.0 Å². The molecule has 1 N–H and O–H groups in total. The van der Waals surface area contributed by atoms with Crippen molar-refractivity contribution in [3.05, 3.63) is 54.6 Å². The standard InChI is InChI=1S/C20H27N3O4S/c1-26-28(25)21-17-7-9-20(10-8-17)27-16-19(24)15-22-11-13-23(14-12-22)18-5-3-2-4-6-18/h2-10,19,24,28H,11-16H2,1H3. The third kappa shape index (κ3) is 6.20. The Morgan fingerprint density at radius 2 is 1.75 bits per heavy atom. The zero-order valence-electron chi connectivity index (χ0n) is 16.0. The zero-order chi connectivity index (χ0) is 19.8. The third-order valence-electron chi connectivity index (χ3n) is 4.59. The van der Waals surface area contributed by atoms with Crippen molar-refractivity contribution in [2.75, 3.05) is 51.3 Å². The van der Waals surface area contributed by atoms with Crippen molar-refractivity contribution in [2.45, 2.75) is 6.10 Å². The van der Waals surface area contributed by atoms with Gasteiger partial charge in [-0.1, -0.05) is 18.2 Å². The maximum Gasteiger partial charge on any atom is 0.156 e. The maximum absolute atomic E-state index is 11.3. The van der Waals surface area contributed by atoms with E-state index in [2.05, 4.69) is 42.6 Å². The number of anilines is 1. The lowest BCUT2D eigenvalue weighted by molar-refractivity contribution is 0.0663. The Labute approximate surface area is 167 Å². The predicted molar refractivity (Wildman–Crippen MR) is 112 cm³/mol. The fourth-order valence-electron chi connectivity index (χ4n) is 3.11. The van der Waals surface area contributed by atoms with Crippen LogP contribution in [-0.4, -0.2) is 66.8 Å². The van der Waals surface area contributed by atoms with Gasteiger partial charge in [0.25, 0.3) is 0 Å². The van der Waals surface area contributed by atoms with Gasteiger partial charge in [0.05, 0.1) is 12.8 Å². The molecule has 1 heterocycles. The largest absolute Gasteiger partial charge is 0.491 e. The molecule has 0 amide bonds. The van der Waals surface area contributed by atoms with E-state index < -0.39 is 17.0 Å². The summed E-state index contributed by atoms with van der Waals surface area (Å²) >= 11 is 0.